The Kier molecular flexibility index (Phi) is 5.70. The van der Waals surface area contributed by atoms with E-state index >= 15 is 0 Å². The zero-order valence-corrected chi connectivity index (χ0v) is 19.1. The lowest BCUT2D eigenvalue weighted by molar-refractivity contribution is -0.117. The van der Waals surface area contributed by atoms with Crippen LogP contribution in [0.4, 0.5) is 11.6 Å². The zero-order valence-electron chi connectivity index (χ0n) is 19.1. The number of benzene rings is 3. The number of nitriles is 1. The van der Waals surface area contributed by atoms with Crippen molar-refractivity contribution < 1.29 is 4.79 Å². The van der Waals surface area contributed by atoms with Crippen molar-refractivity contribution >= 4 is 23.2 Å². The summed E-state index contributed by atoms with van der Waals surface area (Å²) in [6.45, 7) is 1.97. The van der Waals surface area contributed by atoms with Gasteiger partial charge in [0.2, 0.25) is 11.9 Å². The van der Waals surface area contributed by atoms with Gasteiger partial charge in [-0.2, -0.15) is 10.2 Å². The minimum Gasteiger partial charge on any atom is -0.369 e. The predicted molar refractivity (Wildman–Crippen MR) is 136 cm³/mol. The Morgan fingerprint density at radius 1 is 0.971 bits per heavy atom. The first-order chi connectivity index (χ1) is 17.0. The standard InChI is InChI=1S/C28H22N6O/c1-18-5-6-23(16-29)25(13-18)31-28-32-27-12-11-24(17-34(27)33-28)21-9-7-20(8-10-21)22-4-2-3-19(14-22)15-26(30)35/h2-14,17H,15H2,1H3,(H2,30,35)(H,31,33). The highest BCUT2D eigenvalue weighted by Crippen LogP contribution is 2.26. The molecule has 0 atom stereocenters. The molecule has 35 heavy (non-hydrogen) atoms. The molecule has 170 valence electrons. The summed E-state index contributed by atoms with van der Waals surface area (Å²) >= 11 is 0. The van der Waals surface area contributed by atoms with E-state index in [0.717, 1.165) is 33.4 Å². The van der Waals surface area contributed by atoms with E-state index in [1.54, 1.807) is 10.6 Å². The van der Waals surface area contributed by atoms with Crippen LogP contribution in [0.1, 0.15) is 16.7 Å². The van der Waals surface area contributed by atoms with Crippen molar-refractivity contribution in [1.29, 1.82) is 5.26 Å². The fraction of sp³-hybridized carbons (Fsp3) is 0.0714. The van der Waals surface area contributed by atoms with E-state index in [4.69, 9.17) is 5.73 Å². The summed E-state index contributed by atoms with van der Waals surface area (Å²) < 4.78 is 1.72. The molecular weight excluding hydrogens is 436 g/mol. The number of amides is 1. The number of anilines is 2. The Hall–Kier alpha value is -4.96. The normalized spacial score (nSPS) is 10.7. The highest BCUT2D eigenvalue weighted by Gasteiger charge is 2.09. The van der Waals surface area contributed by atoms with E-state index in [0.29, 0.717) is 22.8 Å². The topological polar surface area (TPSA) is 109 Å². The summed E-state index contributed by atoms with van der Waals surface area (Å²) in [4.78, 5) is 15.8. The van der Waals surface area contributed by atoms with Gasteiger partial charge >= 0.3 is 0 Å². The van der Waals surface area contributed by atoms with E-state index in [1.807, 2.05) is 61.7 Å². The number of nitrogens with zero attached hydrogens (tertiary/aromatic N) is 4. The molecule has 5 rings (SSSR count). The fourth-order valence-corrected chi connectivity index (χ4v) is 4.00. The summed E-state index contributed by atoms with van der Waals surface area (Å²) in [6, 6.07) is 27.7. The molecule has 0 aliphatic carbocycles. The third-order valence-corrected chi connectivity index (χ3v) is 5.73. The van der Waals surface area contributed by atoms with Crippen molar-refractivity contribution in [1.82, 2.24) is 14.6 Å². The summed E-state index contributed by atoms with van der Waals surface area (Å²) in [5.74, 6) is 0.0826. The zero-order chi connectivity index (χ0) is 24.4. The highest BCUT2D eigenvalue weighted by atomic mass is 16.1. The lowest BCUT2D eigenvalue weighted by Gasteiger charge is -2.07. The van der Waals surface area contributed by atoms with Gasteiger partial charge in [0, 0.05) is 11.8 Å². The summed E-state index contributed by atoms with van der Waals surface area (Å²) in [6.07, 6.45) is 2.15. The maximum atomic E-state index is 11.2. The number of carbonyl (C=O) groups is 1. The van der Waals surface area contributed by atoms with E-state index < -0.39 is 0 Å². The van der Waals surface area contributed by atoms with Crippen molar-refractivity contribution in [2.45, 2.75) is 13.3 Å². The number of hydrogen-bond acceptors (Lipinski definition) is 5. The lowest BCUT2D eigenvalue weighted by atomic mass is 9.99. The van der Waals surface area contributed by atoms with Crippen molar-refractivity contribution in [3.05, 3.63) is 102 Å². The molecule has 0 bridgehead atoms. The second-order valence-corrected chi connectivity index (χ2v) is 8.36. The van der Waals surface area contributed by atoms with Crippen molar-refractivity contribution in [3.63, 3.8) is 0 Å². The van der Waals surface area contributed by atoms with Gasteiger partial charge in [-0.3, -0.25) is 4.79 Å². The molecule has 0 aliphatic heterocycles. The molecule has 2 aromatic heterocycles. The number of primary amides is 1. The van der Waals surface area contributed by atoms with Crippen molar-refractivity contribution in [2.75, 3.05) is 5.32 Å². The lowest BCUT2D eigenvalue weighted by Crippen LogP contribution is -2.13. The molecule has 0 aliphatic rings. The molecule has 0 radical (unpaired) electrons. The summed E-state index contributed by atoms with van der Waals surface area (Å²) in [5, 5.41) is 17.1. The number of aromatic nitrogens is 3. The van der Waals surface area contributed by atoms with Gasteiger partial charge in [0.05, 0.1) is 17.7 Å². The first kappa shape index (κ1) is 21.9. The van der Waals surface area contributed by atoms with Gasteiger partial charge in [-0.05, 0) is 59.0 Å². The Morgan fingerprint density at radius 2 is 1.71 bits per heavy atom. The Bertz CT molecular complexity index is 1590. The van der Waals surface area contributed by atoms with Gasteiger partial charge < -0.3 is 11.1 Å². The molecule has 3 N–H and O–H groups in total. The molecule has 5 aromatic rings. The molecule has 0 saturated carbocycles. The van der Waals surface area contributed by atoms with Gasteiger partial charge in [-0.25, -0.2) is 4.52 Å². The van der Waals surface area contributed by atoms with Crippen LogP contribution in [0.2, 0.25) is 0 Å². The van der Waals surface area contributed by atoms with Crippen LogP contribution in [0.15, 0.2) is 85.1 Å². The van der Waals surface area contributed by atoms with Crippen LogP contribution in [0.5, 0.6) is 0 Å². The minimum atomic E-state index is -0.344. The highest BCUT2D eigenvalue weighted by molar-refractivity contribution is 5.78. The number of rotatable bonds is 6. The van der Waals surface area contributed by atoms with Crippen molar-refractivity contribution in [2.24, 2.45) is 5.73 Å². The van der Waals surface area contributed by atoms with Crippen LogP contribution >= 0.6 is 0 Å². The fourth-order valence-electron chi connectivity index (χ4n) is 4.00. The van der Waals surface area contributed by atoms with E-state index in [2.05, 4.69) is 45.7 Å². The molecule has 0 spiro atoms. The quantitative estimate of drug-likeness (QED) is 0.372. The number of nitrogens with one attached hydrogen (secondary N) is 1. The first-order valence-electron chi connectivity index (χ1n) is 11.1. The largest absolute Gasteiger partial charge is 0.369 e. The van der Waals surface area contributed by atoms with Crippen LogP contribution in [-0.2, 0) is 11.2 Å². The number of nitrogens with two attached hydrogens (primary N) is 1. The predicted octanol–water partition coefficient (Wildman–Crippen LogP) is 5.01. The number of fused-ring (bicyclic) bond motifs is 1. The van der Waals surface area contributed by atoms with Gasteiger partial charge in [0.15, 0.2) is 5.65 Å². The molecular formula is C28H22N6O. The van der Waals surface area contributed by atoms with Crippen LogP contribution in [0.25, 0.3) is 27.9 Å². The Labute approximate surface area is 202 Å². The molecule has 0 unspecified atom stereocenters. The average Bonchev–Trinajstić information content (AvgIpc) is 3.25. The van der Waals surface area contributed by atoms with E-state index in [9.17, 15) is 10.1 Å². The monoisotopic (exact) mass is 458 g/mol. The second-order valence-electron chi connectivity index (χ2n) is 8.36. The first-order valence-corrected chi connectivity index (χ1v) is 11.1. The molecule has 0 saturated heterocycles. The van der Waals surface area contributed by atoms with Gasteiger partial charge in [0.1, 0.15) is 6.07 Å². The van der Waals surface area contributed by atoms with E-state index in [-0.39, 0.29) is 12.3 Å². The van der Waals surface area contributed by atoms with Gasteiger partial charge in [-0.15, -0.1) is 5.10 Å². The maximum Gasteiger partial charge on any atom is 0.247 e. The molecule has 7 heteroatoms. The smallest absolute Gasteiger partial charge is 0.247 e. The average molecular weight is 459 g/mol. The van der Waals surface area contributed by atoms with Gasteiger partial charge in [0.25, 0.3) is 0 Å². The summed E-state index contributed by atoms with van der Waals surface area (Å²) in [7, 11) is 0. The number of pyridine rings is 1. The van der Waals surface area contributed by atoms with Gasteiger partial charge in [-0.1, -0.05) is 54.6 Å². The number of aryl methyl sites for hydroxylation is 1. The third-order valence-electron chi connectivity index (χ3n) is 5.73. The van der Waals surface area contributed by atoms with Crippen LogP contribution in [0, 0.1) is 18.3 Å². The Balaban J connectivity index is 1.40. The minimum absolute atomic E-state index is 0.225. The second kappa shape index (κ2) is 9.12. The molecule has 0 fully saturated rings. The number of carbonyl (C=O) groups excluding carboxylic acids is 1. The SMILES string of the molecule is Cc1ccc(C#N)c(Nc2nc3ccc(-c4ccc(-c5cccc(CC(N)=O)c5)cc4)cn3n2)c1. The maximum absolute atomic E-state index is 11.2. The molecule has 3 aromatic carbocycles. The molecule has 7 nitrogen and oxygen atoms in total. The number of hydrogen-bond donors (Lipinski definition) is 2. The summed E-state index contributed by atoms with van der Waals surface area (Å²) in [5.41, 5.74) is 13.3. The van der Waals surface area contributed by atoms with Crippen LogP contribution in [0.3, 0.4) is 0 Å². The van der Waals surface area contributed by atoms with E-state index in [1.165, 1.54) is 0 Å². The van der Waals surface area contributed by atoms with Crippen molar-refractivity contribution in [3.8, 4) is 28.3 Å². The van der Waals surface area contributed by atoms with Crippen LogP contribution in [-0.4, -0.2) is 20.5 Å². The third kappa shape index (κ3) is 4.72. The van der Waals surface area contributed by atoms with Crippen LogP contribution < -0.4 is 11.1 Å². The molecule has 1 amide bonds. The molecule has 2 heterocycles. The Morgan fingerprint density at radius 3 is 2.46 bits per heavy atom.